The Morgan fingerprint density at radius 1 is 1.33 bits per heavy atom. The van der Waals surface area contributed by atoms with Gasteiger partial charge in [-0.1, -0.05) is 12.2 Å². The predicted molar refractivity (Wildman–Crippen MR) is 59.3 cm³/mol. The van der Waals surface area contributed by atoms with Gasteiger partial charge in [0.2, 0.25) is 0 Å². The van der Waals surface area contributed by atoms with Gasteiger partial charge in [-0.15, -0.1) is 0 Å². The van der Waals surface area contributed by atoms with Crippen LogP contribution in [0.1, 0.15) is 38.5 Å². The molecule has 0 saturated heterocycles. The largest absolute Gasteiger partial charge is 0.469 e. The number of esters is 1. The fourth-order valence-electron chi connectivity index (χ4n) is 3.19. The van der Waals surface area contributed by atoms with Crippen LogP contribution < -0.4 is 0 Å². The molecule has 0 heterocycles. The van der Waals surface area contributed by atoms with Crippen molar-refractivity contribution in [3.8, 4) is 0 Å². The maximum Gasteiger partial charge on any atom is 0.308 e. The van der Waals surface area contributed by atoms with Crippen molar-refractivity contribution >= 4 is 5.97 Å². The van der Waals surface area contributed by atoms with Crippen molar-refractivity contribution in [3.05, 3.63) is 12.2 Å². The van der Waals surface area contributed by atoms with E-state index in [2.05, 4.69) is 6.58 Å². The molecule has 0 aromatic rings. The SMILES string of the molecule is C=C1CCC2CC(C(=O)OC)CCC2C1. The molecule has 15 heavy (non-hydrogen) atoms. The molecule has 0 spiro atoms. The van der Waals surface area contributed by atoms with Gasteiger partial charge in [0.05, 0.1) is 13.0 Å². The Hall–Kier alpha value is -0.790. The molecule has 3 unspecified atom stereocenters. The minimum atomic E-state index is -0.00199. The van der Waals surface area contributed by atoms with E-state index in [0.717, 1.165) is 31.1 Å². The van der Waals surface area contributed by atoms with Gasteiger partial charge in [0, 0.05) is 0 Å². The van der Waals surface area contributed by atoms with E-state index in [1.54, 1.807) is 0 Å². The summed E-state index contributed by atoms with van der Waals surface area (Å²) in [7, 11) is 1.50. The smallest absolute Gasteiger partial charge is 0.308 e. The molecule has 2 rings (SSSR count). The first kappa shape index (κ1) is 10.7. The summed E-state index contributed by atoms with van der Waals surface area (Å²) < 4.78 is 4.83. The van der Waals surface area contributed by atoms with Crippen LogP contribution in [0, 0.1) is 17.8 Å². The first-order chi connectivity index (χ1) is 7.20. The van der Waals surface area contributed by atoms with Gasteiger partial charge in [-0.25, -0.2) is 0 Å². The standard InChI is InChI=1S/C13H20O2/c1-9-3-4-11-8-12(13(14)15-2)6-5-10(11)7-9/h10-12H,1,3-8H2,2H3. The average molecular weight is 208 g/mol. The molecule has 2 nitrogen and oxygen atoms in total. The minimum Gasteiger partial charge on any atom is -0.469 e. The van der Waals surface area contributed by atoms with Crippen LogP contribution in [-0.2, 0) is 9.53 Å². The van der Waals surface area contributed by atoms with E-state index >= 15 is 0 Å². The van der Waals surface area contributed by atoms with Crippen molar-refractivity contribution in [1.29, 1.82) is 0 Å². The Morgan fingerprint density at radius 3 is 2.87 bits per heavy atom. The monoisotopic (exact) mass is 208 g/mol. The summed E-state index contributed by atoms with van der Waals surface area (Å²) >= 11 is 0. The molecule has 0 bridgehead atoms. The quantitative estimate of drug-likeness (QED) is 0.489. The van der Waals surface area contributed by atoms with E-state index in [1.807, 2.05) is 0 Å². The van der Waals surface area contributed by atoms with Gasteiger partial charge in [0.1, 0.15) is 0 Å². The molecular formula is C13H20O2. The van der Waals surface area contributed by atoms with E-state index in [0.29, 0.717) is 0 Å². The number of allylic oxidation sites excluding steroid dienone is 1. The van der Waals surface area contributed by atoms with Crippen LogP contribution in [0.5, 0.6) is 0 Å². The summed E-state index contributed by atoms with van der Waals surface area (Å²) in [5.41, 5.74) is 1.41. The number of carbonyl (C=O) groups is 1. The number of hydrogen-bond acceptors (Lipinski definition) is 2. The lowest BCUT2D eigenvalue weighted by molar-refractivity contribution is -0.147. The summed E-state index contributed by atoms with van der Waals surface area (Å²) in [6, 6.07) is 0. The first-order valence-electron chi connectivity index (χ1n) is 5.95. The summed E-state index contributed by atoms with van der Waals surface area (Å²) in [5.74, 6) is 1.71. The average Bonchev–Trinajstić information content (AvgIpc) is 2.27. The molecular weight excluding hydrogens is 188 g/mol. The van der Waals surface area contributed by atoms with E-state index in [4.69, 9.17) is 4.74 Å². The van der Waals surface area contributed by atoms with Crippen molar-refractivity contribution in [2.45, 2.75) is 38.5 Å². The topological polar surface area (TPSA) is 26.3 Å². The molecule has 3 atom stereocenters. The number of carbonyl (C=O) groups excluding carboxylic acids is 1. The van der Waals surface area contributed by atoms with E-state index in [1.165, 1.54) is 31.9 Å². The van der Waals surface area contributed by atoms with Crippen LogP contribution in [-0.4, -0.2) is 13.1 Å². The van der Waals surface area contributed by atoms with Crippen LogP contribution in [0.2, 0.25) is 0 Å². The number of rotatable bonds is 1. The summed E-state index contributed by atoms with van der Waals surface area (Å²) in [4.78, 5) is 11.5. The number of methoxy groups -OCH3 is 1. The maximum atomic E-state index is 11.5. The predicted octanol–water partition coefficient (Wildman–Crippen LogP) is 2.93. The fraction of sp³-hybridized carbons (Fsp3) is 0.769. The van der Waals surface area contributed by atoms with Crippen LogP contribution >= 0.6 is 0 Å². The minimum absolute atomic E-state index is 0.00199. The highest BCUT2D eigenvalue weighted by molar-refractivity contribution is 5.72. The molecule has 0 aromatic heterocycles. The second-order valence-corrected chi connectivity index (χ2v) is 5.05. The van der Waals surface area contributed by atoms with Crippen molar-refractivity contribution in [2.24, 2.45) is 17.8 Å². The van der Waals surface area contributed by atoms with Crippen LogP contribution in [0.3, 0.4) is 0 Å². The third-order valence-electron chi connectivity index (χ3n) is 4.09. The van der Waals surface area contributed by atoms with Gasteiger partial charge < -0.3 is 4.74 Å². The Bertz CT molecular complexity index is 270. The van der Waals surface area contributed by atoms with Crippen LogP contribution in [0.15, 0.2) is 12.2 Å². The van der Waals surface area contributed by atoms with Crippen LogP contribution in [0.4, 0.5) is 0 Å². The van der Waals surface area contributed by atoms with Crippen molar-refractivity contribution in [1.82, 2.24) is 0 Å². The molecule has 2 aliphatic rings. The number of hydrogen-bond donors (Lipinski definition) is 0. The highest BCUT2D eigenvalue weighted by Crippen LogP contribution is 2.44. The van der Waals surface area contributed by atoms with Gasteiger partial charge in [-0.3, -0.25) is 4.79 Å². The Kier molecular flexibility index (Phi) is 3.13. The van der Waals surface area contributed by atoms with Gasteiger partial charge in [0.25, 0.3) is 0 Å². The van der Waals surface area contributed by atoms with Gasteiger partial charge in [-0.05, 0) is 50.4 Å². The van der Waals surface area contributed by atoms with Crippen molar-refractivity contribution in [2.75, 3.05) is 7.11 Å². The van der Waals surface area contributed by atoms with Gasteiger partial charge in [-0.2, -0.15) is 0 Å². The zero-order valence-electron chi connectivity index (χ0n) is 9.50. The molecule has 0 radical (unpaired) electrons. The highest BCUT2D eigenvalue weighted by Gasteiger charge is 2.36. The van der Waals surface area contributed by atoms with Crippen molar-refractivity contribution in [3.63, 3.8) is 0 Å². The van der Waals surface area contributed by atoms with Gasteiger partial charge in [0.15, 0.2) is 0 Å². The zero-order valence-corrected chi connectivity index (χ0v) is 9.50. The Labute approximate surface area is 91.7 Å². The molecule has 0 aromatic carbocycles. The third-order valence-corrected chi connectivity index (χ3v) is 4.09. The molecule has 0 aliphatic heterocycles. The van der Waals surface area contributed by atoms with Gasteiger partial charge >= 0.3 is 5.97 Å². The molecule has 2 fully saturated rings. The summed E-state index contributed by atoms with van der Waals surface area (Å²) in [5, 5.41) is 0. The summed E-state index contributed by atoms with van der Waals surface area (Å²) in [6.07, 6.45) is 6.83. The van der Waals surface area contributed by atoms with E-state index < -0.39 is 0 Å². The Balaban J connectivity index is 1.95. The molecule has 84 valence electrons. The molecule has 2 aliphatic carbocycles. The second kappa shape index (κ2) is 4.38. The molecule has 2 heteroatoms. The fourth-order valence-corrected chi connectivity index (χ4v) is 3.19. The zero-order chi connectivity index (χ0) is 10.8. The lowest BCUT2D eigenvalue weighted by Crippen LogP contribution is -2.32. The Morgan fingerprint density at radius 2 is 2.13 bits per heavy atom. The van der Waals surface area contributed by atoms with E-state index in [-0.39, 0.29) is 11.9 Å². The number of fused-ring (bicyclic) bond motifs is 1. The normalized spacial score (nSPS) is 35.8. The molecule has 2 saturated carbocycles. The maximum absolute atomic E-state index is 11.5. The molecule has 0 amide bonds. The second-order valence-electron chi connectivity index (χ2n) is 5.05. The lowest BCUT2D eigenvalue weighted by atomic mass is 9.66. The number of ether oxygens (including phenoxy) is 1. The third kappa shape index (κ3) is 2.24. The first-order valence-corrected chi connectivity index (χ1v) is 5.95. The summed E-state index contributed by atoms with van der Waals surface area (Å²) in [6.45, 7) is 4.08. The van der Waals surface area contributed by atoms with Crippen LogP contribution in [0.25, 0.3) is 0 Å². The molecule has 0 N–H and O–H groups in total. The lowest BCUT2D eigenvalue weighted by Gasteiger charge is -2.39. The van der Waals surface area contributed by atoms with Crippen molar-refractivity contribution < 1.29 is 9.53 Å². The highest BCUT2D eigenvalue weighted by atomic mass is 16.5. The van der Waals surface area contributed by atoms with E-state index in [9.17, 15) is 4.79 Å².